The van der Waals surface area contributed by atoms with Crippen molar-refractivity contribution in [2.75, 3.05) is 5.88 Å². The van der Waals surface area contributed by atoms with Gasteiger partial charge in [0.1, 0.15) is 0 Å². The number of hydrogen-bond donors (Lipinski definition) is 1. The fourth-order valence-corrected chi connectivity index (χ4v) is 1.27. The summed E-state index contributed by atoms with van der Waals surface area (Å²) in [7, 11) is 0. The van der Waals surface area contributed by atoms with E-state index in [1.807, 2.05) is 19.9 Å². The van der Waals surface area contributed by atoms with Crippen LogP contribution in [0.5, 0.6) is 0 Å². The van der Waals surface area contributed by atoms with Gasteiger partial charge in [0, 0.05) is 30.7 Å². The maximum atomic E-state index is 11.4. The van der Waals surface area contributed by atoms with Crippen LogP contribution in [0.1, 0.15) is 18.1 Å². The van der Waals surface area contributed by atoms with Crippen molar-refractivity contribution < 1.29 is 4.79 Å². The lowest BCUT2D eigenvalue weighted by Gasteiger charge is -2.10. The largest absolute Gasteiger partial charge is 0.352 e. The van der Waals surface area contributed by atoms with Gasteiger partial charge in [0.2, 0.25) is 5.91 Å². The van der Waals surface area contributed by atoms with Crippen LogP contribution in [0.25, 0.3) is 0 Å². The van der Waals surface area contributed by atoms with Gasteiger partial charge >= 0.3 is 0 Å². The number of pyridine rings is 1. The lowest BCUT2D eigenvalue weighted by atomic mass is 10.1. The van der Waals surface area contributed by atoms with E-state index in [0.29, 0.717) is 12.4 Å². The van der Waals surface area contributed by atoms with Crippen LogP contribution < -0.4 is 5.32 Å². The Bertz CT molecular complexity index is 341. The zero-order valence-corrected chi connectivity index (χ0v) is 9.71. The molecule has 1 heterocycles. The van der Waals surface area contributed by atoms with Gasteiger partial charge in [-0.25, -0.2) is 0 Å². The van der Waals surface area contributed by atoms with Crippen LogP contribution in [0.2, 0.25) is 0 Å². The molecule has 0 aromatic carbocycles. The molecule has 0 fully saturated rings. The Morgan fingerprint density at radius 2 is 2.40 bits per heavy atom. The summed E-state index contributed by atoms with van der Waals surface area (Å²) in [6.45, 7) is 4.32. The summed E-state index contributed by atoms with van der Waals surface area (Å²) in [5.74, 6) is 0.191. The number of amides is 1. The van der Waals surface area contributed by atoms with Gasteiger partial charge in [-0.1, -0.05) is 6.92 Å². The van der Waals surface area contributed by atoms with Gasteiger partial charge in [-0.15, -0.1) is 11.6 Å². The Hall–Kier alpha value is -1.09. The number of alkyl halides is 1. The van der Waals surface area contributed by atoms with Gasteiger partial charge in [-0.2, -0.15) is 0 Å². The van der Waals surface area contributed by atoms with Gasteiger partial charge in [0.05, 0.1) is 0 Å². The van der Waals surface area contributed by atoms with E-state index < -0.39 is 0 Å². The Kier molecular flexibility index (Phi) is 4.56. The van der Waals surface area contributed by atoms with Crippen LogP contribution in [0.15, 0.2) is 18.5 Å². The molecule has 15 heavy (non-hydrogen) atoms. The monoisotopic (exact) mass is 226 g/mol. The molecule has 0 radical (unpaired) electrons. The number of carbonyl (C=O) groups excluding carboxylic acids is 1. The van der Waals surface area contributed by atoms with Crippen molar-refractivity contribution in [1.29, 1.82) is 0 Å². The molecule has 3 nitrogen and oxygen atoms in total. The summed E-state index contributed by atoms with van der Waals surface area (Å²) in [6, 6.07) is 1.90. The van der Waals surface area contributed by atoms with Crippen LogP contribution in [0.3, 0.4) is 0 Å². The highest BCUT2D eigenvalue weighted by molar-refractivity contribution is 6.19. The molecule has 1 aromatic rings. The third-order valence-electron chi connectivity index (χ3n) is 2.27. The summed E-state index contributed by atoms with van der Waals surface area (Å²) in [5, 5.41) is 2.84. The molecule has 0 aliphatic rings. The number of aromatic nitrogens is 1. The number of aryl methyl sites for hydroxylation is 1. The number of nitrogens with one attached hydrogen (secondary N) is 1. The van der Waals surface area contributed by atoms with Gasteiger partial charge in [-0.3, -0.25) is 9.78 Å². The number of hydrogen-bond acceptors (Lipinski definition) is 2. The lowest BCUT2D eigenvalue weighted by molar-refractivity contribution is -0.124. The first-order chi connectivity index (χ1) is 7.15. The van der Waals surface area contributed by atoms with E-state index in [4.69, 9.17) is 11.6 Å². The first-order valence-corrected chi connectivity index (χ1v) is 5.41. The summed E-state index contributed by atoms with van der Waals surface area (Å²) in [5.41, 5.74) is 2.16. The Morgan fingerprint density at radius 1 is 1.67 bits per heavy atom. The molecule has 1 N–H and O–H groups in total. The minimum atomic E-state index is -0.145. The molecular weight excluding hydrogens is 212 g/mol. The van der Waals surface area contributed by atoms with Crippen molar-refractivity contribution in [3.63, 3.8) is 0 Å². The summed E-state index contributed by atoms with van der Waals surface area (Å²) < 4.78 is 0. The molecule has 0 spiro atoms. The Balaban J connectivity index is 2.51. The molecule has 0 aliphatic carbocycles. The van der Waals surface area contributed by atoms with E-state index in [0.717, 1.165) is 11.1 Å². The number of rotatable bonds is 4. The number of nitrogens with zero attached hydrogens (tertiary/aromatic N) is 1. The van der Waals surface area contributed by atoms with Gasteiger partial charge in [0.15, 0.2) is 0 Å². The molecule has 4 heteroatoms. The lowest BCUT2D eigenvalue weighted by Crippen LogP contribution is -2.29. The number of carbonyl (C=O) groups is 1. The van der Waals surface area contributed by atoms with Crippen molar-refractivity contribution >= 4 is 17.5 Å². The highest BCUT2D eigenvalue weighted by atomic mass is 35.5. The molecule has 1 unspecified atom stereocenters. The second-order valence-electron chi connectivity index (χ2n) is 3.58. The Labute approximate surface area is 94.9 Å². The zero-order valence-electron chi connectivity index (χ0n) is 8.96. The summed E-state index contributed by atoms with van der Waals surface area (Å²) in [4.78, 5) is 15.4. The molecule has 82 valence electrons. The van der Waals surface area contributed by atoms with Crippen LogP contribution in [0, 0.1) is 12.8 Å². The average molecular weight is 227 g/mol. The molecular formula is C11H15ClN2O. The van der Waals surface area contributed by atoms with Gasteiger partial charge < -0.3 is 5.32 Å². The van der Waals surface area contributed by atoms with Crippen LogP contribution in [0.4, 0.5) is 0 Å². The SMILES string of the molecule is Cc1cnccc1CNC(=O)C(C)CCl. The first kappa shape index (κ1) is 12.0. The standard InChI is InChI=1S/C11H15ClN2O/c1-8(5-12)11(15)14-7-10-3-4-13-6-9(10)2/h3-4,6,8H,5,7H2,1-2H3,(H,14,15). The quantitative estimate of drug-likeness (QED) is 0.797. The van der Waals surface area contributed by atoms with E-state index in [-0.39, 0.29) is 11.8 Å². The normalized spacial score (nSPS) is 12.2. The minimum absolute atomic E-state index is 0.0128. The van der Waals surface area contributed by atoms with Crippen molar-refractivity contribution in [2.24, 2.45) is 5.92 Å². The molecule has 0 saturated carbocycles. The van der Waals surface area contributed by atoms with Crippen LogP contribution in [-0.4, -0.2) is 16.8 Å². The molecule has 1 atom stereocenters. The maximum Gasteiger partial charge on any atom is 0.224 e. The average Bonchev–Trinajstić information content (AvgIpc) is 2.26. The predicted molar refractivity (Wildman–Crippen MR) is 60.7 cm³/mol. The van der Waals surface area contributed by atoms with Gasteiger partial charge in [0.25, 0.3) is 0 Å². The predicted octanol–water partition coefficient (Wildman–Crippen LogP) is 1.88. The molecule has 1 aromatic heterocycles. The van der Waals surface area contributed by atoms with E-state index in [2.05, 4.69) is 10.3 Å². The topological polar surface area (TPSA) is 42.0 Å². The third-order valence-corrected chi connectivity index (χ3v) is 2.73. The maximum absolute atomic E-state index is 11.4. The molecule has 0 bridgehead atoms. The third kappa shape index (κ3) is 3.51. The minimum Gasteiger partial charge on any atom is -0.352 e. The summed E-state index contributed by atoms with van der Waals surface area (Å²) in [6.07, 6.45) is 3.51. The second kappa shape index (κ2) is 5.71. The van der Waals surface area contributed by atoms with Crippen molar-refractivity contribution in [1.82, 2.24) is 10.3 Å². The van der Waals surface area contributed by atoms with Crippen LogP contribution in [-0.2, 0) is 11.3 Å². The zero-order chi connectivity index (χ0) is 11.3. The smallest absolute Gasteiger partial charge is 0.224 e. The highest BCUT2D eigenvalue weighted by Crippen LogP contribution is 2.05. The van der Waals surface area contributed by atoms with Crippen molar-refractivity contribution in [2.45, 2.75) is 20.4 Å². The molecule has 1 rings (SSSR count). The van der Waals surface area contributed by atoms with Crippen LogP contribution >= 0.6 is 11.6 Å². The fourth-order valence-electron chi connectivity index (χ4n) is 1.13. The highest BCUT2D eigenvalue weighted by Gasteiger charge is 2.10. The van der Waals surface area contributed by atoms with E-state index in [1.54, 1.807) is 12.4 Å². The number of halogens is 1. The molecule has 0 aliphatic heterocycles. The Morgan fingerprint density at radius 3 is 3.00 bits per heavy atom. The molecule has 0 saturated heterocycles. The summed E-state index contributed by atoms with van der Waals surface area (Å²) >= 11 is 5.59. The molecule has 1 amide bonds. The van der Waals surface area contributed by atoms with E-state index >= 15 is 0 Å². The second-order valence-corrected chi connectivity index (χ2v) is 3.88. The van der Waals surface area contributed by atoms with Crippen molar-refractivity contribution in [3.05, 3.63) is 29.6 Å². The van der Waals surface area contributed by atoms with E-state index in [1.165, 1.54) is 0 Å². The first-order valence-electron chi connectivity index (χ1n) is 4.88. The van der Waals surface area contributed by atoms with Crippen molar-refractivity contribution in [3.8, 4) is 0 Å². The van der Waals surface area contributed by atoms with E-state index in [9.17, 15) is 4.79 Å². The van der Waals surface area contributed by atoms with Gasteiger partial charge in [-0.05, 0) is 24.1 Å². The fraction of sp³-hybridized carbons (Fsp3) is 0.455.